The molecule has 0 spiro atoms. The molecule has 1 atom stereocenters. The van der Waals surface area contributed by atoms with Crippen LogP contribution in [-0.2, 0) is 14.9 Å². The topological polar surface area (TPSA) is 94.8 Å². The number of phenols is 2. The highest BCUT2D eigenvalue weighted by Crippen LogP contribution is 2.48. The van der Waals surface area contributed by atoms with Crippen LogP contribution >= 0.6 is 46.4 Å². The number of hydrogen-bond acceptors (Lipinski definition) is 4. The lowest BCUT2D eigenvalue weighted by Crippen LogP contribution is -2.38. The first kappa shape index (κ1) is 22.0. The summed E-state index contributed by atoms with van der Waals surface area (Å²) in [5.41, 5.74) is -0.229. The second-order valence-electron chi connectivity index (χ2n) is 6.16. The van der Waals surface area contributed by atoms with E-state index in [1.54, 1.807) is 0 Å². The van der Waals surface area contributed by atoms with Crippen LogP contribution in [0.15, 0.2) is 54.6 Å². The molecule has 3 aromatic rings. The number of phenolic OH excluding ortho intramolecular Hbond substituents is 2. The highest BCUT2D eigenvalue weighted by Gasteiger charge is 2.49. The molecule has 0 radical (unpaired) electrons. The van der Waals surface area contributed by atoms with Crippen LogP contribution in [-0.4, -0.2) is 23.2 Å². The van der Waals surface area contributed by atoms with E-state index in [9.17, 15) is 23.2 Å². The predicted molar refractivity (Wildman–Crippen MR) is 114 cm³/mol. The summed E-state index contributed by atoms with van der Waals surface area (Å²) in [6.07, 6.45) is 0. The average molecular weight is 494 g/mol. The molecule has 0 aliphatic carbocycles. The van der Waals surface area contributed by atoms with Gasteiger partial charge in [0.05, 0.1) is 15.1 Å². The maximum absolute atomic E-state index is 12.9. The van der Waals surface area contributed by atoms with E-state index in [2.05, 4.69) is 0 Å². The molecule has 3 N–H and O–H groups in total. The molecule has 0 heterocycles. The van der Waals surface area contributed by atoms with E-state index in [1.807, 2.05) is 0 Å². The zero-order valence-electron chi connectivity index (χ0n) is 14.3. The summed E-state index contributed by atoms with van der Waals surface area (Å²) in [7, 11) is -5.02. The number of hydrogen-bond donors (Lipinski definition) is 3. The molecule has 10 heteroatoms. The maximum atomic E-state index is 12.9. The minimum atomic E-state index is -5.02. The summed E-state index contributed by atoms with van der Waals surface area (Å²) >= 11 is 24.3. The normalized spacial score (nSPS) is 13.8. The van der Waals surface area contributed by atoms with Gasteiger partial charge >= 0.3 is 0 Å². The Kier molecular flexibility index (Phi) is 5.98. The van der Waals surface area contributed by atoms with Gasteiger partial charge in [0.2, 0.25) is 0 Å². The molecule has 29 heavy (non-hydrogen) atoms. The molecule has 0 saturated carbocycles. The zero-order chi connectivity index (χ0) is 21.6. The number of halogens is 4. The van der Waals surface area contributed by atoms with Gasteiger partial charge in [0.25, 0.3) is 10.1 Å². The van der Waals surface area contributed by atoms with Crippen LogP contribution < -0.4 is 0 Å². The van der Waals surface area contributed by atoms with Crippen molar-refractivity contribution >= 4 is 56.5 Å². The molecule has 3 aromatic carbocycles. The molecule has 1 unspecified atom stereocenters. The van der Waals surface area contributed by atoms with Gasteiger partial charge in [0.1, 0.15) is 11.5 Å². The molecular weight excluding hydrogens is 482 g/mol. The fourth-order valence-electron chi connectivity index (χ4n) is 3.21. The summed E-state index contributed by atoms with van der Waals surface area (Å²) in [6.45, 7) is 0. The molecule has 152 valence electrons. The first-order valence-electron chi connectivity index (χ1n) is 7.88. The van der Waals surface area contributed by atoms with Crippen LogP contribution in [0.25, 0.3) is 0 Å². The Morgan fingerprint density at radius 2 is 1.28 bits per heavy atom. The highest BCUT2D eigenvalue weighted by molar-refractivity contribution is 7.87. The van der Waals surface area contributed by atoms with Gasteiger partial charge in [-0.05, 0) is 59.2 Å². The van der Waals surface area contributed by atoms with Crippen molar-refractivity contribution in [1.29, 1.82) is 0 Å². The average Bonchev–Trinajstić information content (AvgIpc) is 2.58. The molecular formula is C19H12Cl4O5S. The van der Waals surface area contributed by atoms with Crippen molar-refractivity contribution in [3.63, 3.8) is 0 Å². The van der Waals surface area contributed by atoms with Crippen molar-refractivity contribution in [2.24, 2.45) is 0 Å². The predicted octanol–water partition coefficient (Wildman–Crippen LogP) is 5.89. The van der Waals surface area contributed by atoms with Crippen molar-refractivity contribution in [1.82, 2.24) is 0 Å². The third-order valence-corrected chi connectivity index (χ3v) is 7.22. The summed E-state index contributed by atoms with van der Waals surface area (Å²) in [4.78, 5) is 0. The Labute approximate surface area is 186 Å². The third-order valence-electron chi connectivity index (χ3n) is 4.32. The standard InChI is InChI=1S/C19H12Cl4O5S/c20-13-4-11(6-15(25)9-13)19(29(26,27)28,10-2-1-3-14(24)5-10)12-7-16(21)18(23)17(22)8-12/h1-9,24-25H,(H,26,27,28). The van der Waals surface area contributed by atoms with Gasteiger partial charge < -0.3 is 10.2 Å². The quantitative estimate of drug-likeness (QED) is 0.239. The number of aromatic hydroxyl groups is 2. The third kappa shape index (κ3) is 3.89. The zero-order valence-corrected chi connectivity index (χ0v) is 18.1. The summed E-state index contributed by atoms with van der Waals surface area (Å²) in [6, 6.07) is 11.3. The van der Waals surface area contributed by atoms with Gasteiger partial charge in [-0.15, -0.1) is 0 Å². The Morgan fingerprint density at radius 1 is 0.724 bits per heavy atom. The van der Waals surface area contributed by atoms with Crippen molar-refractivity contribution in [3.05, 3.63) is 91.4 Å². The SMILES string of the molecule is O=S(=O)(O)C(c1cccc(O)c1)(c1cc(O)cc(Cl)c1)c1cc(Cl)c(Cl)c(Cl)c1. The Balaban J connectivity index is 2.58. The van der Waals surface area contributed by atoms with Gasteiger partial charge in [-0.3, -0.25) is 4.55 Å². The highest BCUT2D eigenvalue weighted by atomic mass is 35.5. The number of benzene rings is 3. The van der Waals surface area contributed by atoms with Crippen LogP contribution in [0, 0.1) is 0 Å². The molecule has 3 rings (SSSR count). The Hall–Kier alpha value is -1.67. The lowest BCUT2D eigenvalue weighted by Gasteiger charge is -2.33. The van der Waals surface area contributed by atoms with Gasteiger partial charge in [-0.2, -0.15) is 8.42 Å². The lowest BCUT2D eigenvalue weighted by atomic mass is 9.83. The Bertz CT molecular complexity index is 1170. The number of rotatable bonds is 4. The molecule has 5 nitrogen and oxygen atoms in total. The van der Waals surface area contributed by atoms with Gasteiger partial charge in [0.15, 0.2) is 4.75 Å². The second-order valence-corrected chi connectivity index (χ2v) is 9.35. The van der Waals surface area contributed by atoms with E-state index in [4.69, 9.17) is 46.4 Å². The minimum Gasteiger partial charge on any atom is -0.508 e. The molecule has 0 aliphatic heterocycles. The van der Waals surface area contributed by atoms with Gasteiger partial charge in [-0.25, -0.2) is 0 Å². The van der Waals surface area contributed by atoms with Crippen LogP contribution in [0.1, 0.15) is 16.7 Å². The van der Waals surface area contributed by atoms with Crippen LogP contribution in [0.5, 0.6) is 11.5 Å². The first-order valence-corrected chi connectivity index (χ1v) is 10.8. The van der Waals surface area contributed by atoms with Crippen molar-refractivity contribution in [2.45, 2.75) is 4.75 Å². The summed E-state index contributed by atoms with van der Waals surface area (Å²) in [5, 5.41) is 19.9. The van der Waals surface area contributed by atoms with Gasteiger partial charge in [0, 0.05) is 5.02 Å². The van der Waals surface area contributed by atoms with E-state index in [0.29, 0.717) is 0 Å². The van der Waals surface area contributed by atoms with Crippen molar-refractivity contribution in [2.75, 3.05) is 0 Å². The van der Waals surface area contributed by atoms with E-state index in [-0.39, 0.29) is 48.3 Å². The van der Waals surface area contributed by atoms with E-state index in [1.165, 1.54) is 42.5 Å². The largest absolute Gasteiger partial charge is 0.508 e. The van der Waals surface area contributed by atoms with E-state index < -0.39 is 14.9 Å². The molecule has 0 fully saturated rings. The van der Waals surface area contributed by atoms with Crippen molar-refractivity contribution < 1.29 is 23.2 Å². The van der Waals surface area contributed by atoms with E-state index in [0.717, 1.165) is 12.1 Å². The molecule has 0 aliphatic rings. The summed E-state index contributed by atoms with van der Waals surface area (Å²) in [5.74, 6) is -0.597. The fraction of sp³-hybridized carbons (Fsp3) is 0.0526. The second kappa shape index (κ2) is 7.87. The summed E-state index contributed by atoms with van der Waals surface area (Å²) < 4.78 is 34.0. The fourth-order valence-corrected chi connectivity index (χ4v) is 5.29. The lowest BCUT2D eigenvalue weighted by molar-refractivity contribution is 0.455. The molecule has 0 amide bonds. The molecule has 0 aromatic heterocycles. The minimum absolute atomic E-state index is 0.00817. The Morgan fingerprint density at radius 3 is 1.79 bits per heavy atom. The van der Waals surface area contributed by atoms with Crippen LogP contribution in [0.4, 0.5) is 0 Å². The van der Waals surface area contributed by atoms with Gasteiger partial charge in [-0.1, -0.05) is 58.5 Å². The monoisotopic (exact) mass is 492 g/mol. The molecule has 0 bridgehead atoms. The maximum Gasteiger partial charge on any atom is 0.283 e. The van der Waals surface area contributed by atoms with Crippen LogP contribution in [0.3, 0.4) is 0 Å². The smallest absolute Gasteiger partial charge is 0.283 e. The van der Waals surface area contributed by atoms with Crippen molar-refractivity contribution in [3.8, 4) is 11.5 Å². The first-order chi connectivity index (χ1) is 13.5. The van der Waals surface area contributed by atoms with E-state index >= 15 is 0 Å². The van der Waals surface area contributed by atoms with Crippen LogP contribution in [0.2, 0.25) is 20.1 Å². The molecule has 0 saturated heterocycles.